The summed E-state index contributed by atoms with van der Waals surface area (Å²) in [5.41, 5.74) is 1.79. The van der Waals surface area contributed by atoms with Gasteiger partial charge in [-0.15, -0.1) is 0 Å². The molecule has 2 aromatic carbocycles. The Kier molecular flexibility index (Phi) is 6.97. The van der Waals surface area contributed by atoms with Crippen LogP contribution in [0.25, 0.3) is 5.57 Å². The molecular formula is C24H25ClN2O5. The molecule has 2 aromatic rings. The number of nitrogens with zero attached hydrogens (tertiary/aromatic N) is 1. The SMILES string of the molecule is CCCCOCCCN1C(=O)C(Nc2ccc3c(c2)OCO3)=C(c2ccc(Cl)cc2)C1=O. The van der Waals surface area contributed by atoms with E-state index in [9.17, 15) is 9.59 Å². The standard InChI is InChI=1S/C24H25ClN2O5/c1-2-3-12-30-13-4-11-27-23(28)21(16-5-7-17(25)8-6-16)22(24(27)29)26-18-9-10-19-20(14-18)32-15-31-19/h5-10,14,26H,2-4,11-13,15H2,1H3. The van der Waals surface area contributed by atoms with Crippen molar-refractivity contribution in [3.05, 3.63) is 58.7 Å². The molecule has 0 bridgehead atoms. The molecule has 2 heterocycles. The number of ether oxygens (including phenoxy) is 3. The van der Waals surface area contributed by atoms with Crippen molar-refractivity contribution in [3.63, 3.8) is 0 Å². The molecular weight excluding hydrogens is 432 g/mol. The number of amides is 2. The molecule has 8 heteroatoms. The predicted octanol–water partition coefficient (Wildman–Crippen LogP) is 4.47. The highest BCUT2D eigenvalue weighted by Gasteiger charge is 2.39. The highest BCUT2D eigenvalue weighted by atomic mass is 35.5. The first kappa shape index (κ1) is 22.2. The monoisotopic (exact) mass is 456 g/mol. The first-order valence-electron chi connectivity index (χ1n) is 10.7. The summed E-state index contributed by atoms with van der Waals surface area (Å²) in [5.74, 6) is 0.516. The van der Waals surface area contributed by atoms with Gasteiger partial charge in [0.05, 0.1) is 5.57 Å². The Morgan fingerprint density at radius 3 is 2.53 bits per heavy atom. The van der Waals surface area contributed by atoms with Crippen molar-refractivity contribution in [3.8, 4) is 11.5 Å². The molecule has 7 nitrogen and oxygen atoms in total. The van der Waals surface area contributed by atoms with Gasteiger partial charge in [-0.2, -0.15) is 0 Å². The van der Waals surface area contributed by atoms with Crippen molar-refractivity contribution in [1.82, 2.24) is 4.90 Å². The summed E-state index contributed by atoms with van der Waals surface area (Å²) >= 11 is 6.02. The number of fused-ring (bicyclic) bond motifs is 1. The van der Waals surface area contributed by atoms with Crippen molar-refractivity contribution < 1.29 is 23.8 Å². The molecule has 168 valence electrons. The summed E-state index contributed by atoms with van der Waals surface area (Å²) in [7, 11) is 0. The van der Waals surface area contributed by atoms with Crippen molar-refractivity contribution in [1.29, 1.82) is 0 Å². The number of hydrogen-bond donors (Lipinski definition) is 1. The molecule has 32 heavy (non-hydrogen) atoms. The Bertz CT molecular complexity index is 1040. The van der Waals surface area contributed by atoms with E-state index in [1.54, 1.807) is 42.5 Å². The summed E-state index contributed by atoms with van der Waals surface area (Å²) in [4.78, 5) is 27.7. The number of hydrogen-bond acceptors (Lipinski definition) is 6. The Hall–Kier alpha value is -3.03. The Balaban J connectivity index is 1.56. The van der Waals surface area contributed by atoms with E-state index in [1.165, 1.54) is 4.90 Å². The molecule has 4 rings (SSSR count). The summed E-state index contributed by atoms with van der Waals surface area (Å²) in [6.45, 7) is 3.72. The van der Waals surface area contributed by atoms with Gasteiger partial charge in [-0.05, 0) is 42.7 Å². The van der Waals surface area contributed by atoms with Crippen LogP contribution < -0.4 is 14.8 Å². The number of carbonyl (C=O) groups excluding carboxylic acids is 2. The number of halogens is 1. The van der Waals surface area contributed by atoms with E-state index < -0.39 is 0 Å². The number of rotatable bonds is 10. The fourth-order valence-electron chi connectivity index (χ4n) is 3.57. The van der Waals surface area contributed by atoms with E-state index in [4.69, 9.17) is 25.8 Å². The smallest absolute Gasteiger partial charge is 0.278 e. The number of imide groups is 1. The van der Waals surface area contributed by atoms with Gasteiger partial charge in [-0.3, -0.25) is 14.5 Å². The average Bonchev–Trinajstić information content (AvgIpc) is 3.35. The van der Waals surface area contributed by atoms with Gasteiger partial charge in [-0.1, -0.05) is 37.1 Å². The van der Waals surface area contributed by atoms with Gasteiger partial charge in [0.15, 0.2) is 11.5 Å². The Morgan fingerprint density at radius 2 is 1.75 bits per heavy atom. The molecule has 0 fully saturated rings. The van der Waals surface area contributed by atoms with Gasteiger partial charge in [0.1, 0.15) is 5.70 Å². The van der Waals surface area contributed by atoms with Crippen LogP contribution in [-0.2, 0) is 14.3 Å². The first-order chi connectivity index (χ1) is 15.6. The van der Waals surface area contributed by atoms with Crippen LogP contribution >= 0.6 is 11.6 Å². The molecule has 0 radical (unpaired) electrons. The summed E-state index contributed by atoms with van der Waals surface area (Å²) < 4.78 is 16.3. The van der Waals surface area contributed by atoms with Gasteiger partial charge in [0, 0.05) is 36.5 Å². The van der Waals surface area contributed by atoms with E-state index in [1.807, 2.05) is 0 Å². The Morgan fingerprint density at radius 1 is 1.00 bits per heavy atom. The summed E-state index contributed by atoms with van der Waals surface area (Å²) in [6, 6.07) is 12.2. The minimum absolute atomic E-state index is 0.156. The van der Waals surface area contributed by atoms with Gasteiger partial charge in [0.25, 0.3) is 11.8 Å². The second-order valence-corrected chi connectivity index (χ2v) is 7.97. The number of benzene rings is 2. The maximum Gasteiger partial charge on any atom is 0.278 e. The molecule has 0 saturated carbocycles. The fourth-order valence-corrected chi connectivity index (χ4v) is 3.70. The zero-order valence-corrected chi connectivity index (χ0v) is 18.6. The lowest BCUT2D eigenvalue weighted by atomic mass is 10.0. The van der Waals surface area contributed by atoms with Gasteiger partial charge < -0.3 is 19.5 Å². The number of nitrogens with one attached hydrogen (secondary N) is 1. The van der Waals surface area contributed by atoms with Crippen LogP contribution in [0, 0.1) is 0 Å². The number of anilines is 1. The lowest BCUT2D eigenvalue weighted by Crippen LogP contribution is -2.34. The quantitative estimate of drug-likeness (QED) is 0.420. The summed E-state index contributed by atoms with van der Waals surface area (Å²) in [6.07, 6.45) is 2.63. The molecule has 0 aliphatic carbocycles. The van der Waals surface area contributed by atoms with Crippen LogP contribution in [0.1, 0.15) is 31.7 Å². The van der Waals surface area contributed by atoms with Gasteiger partial charge in [0.2, 0.25) is 6.79 Å². The van der Waals surface area contributed by atoms with E-state index in [0.717, 1.165) is 12.8 Å². The first-order valence-corrected chi connectivity index (χ1v) is 11.1. The topological polar surface area (TPSA) is 77.1 Å². The van der Waals surface area contributed by atoms with E-state index >= 15 is 0 Å². The molecule has 0 aromatic heterocycles. The van der Waals surface area contributed by atoms with Gasteiger partial charge >= 0.3 is 0 Å². The Labute approximate surface area is 191 Å². The summed E-state index contributed by atoms with van der Waals surface area (Å²) in [5, 5.41) is 3.68. The second kappa shape index (κ2) is 10.1. The maximum absolute atomic E-state index is 13.2. The molecule has 2 aliphatic heterocycles. The zero-order valence-electron chi connectivity index (χ0n) is 17.9. The van der Waals surface area contributed by atoms with E-state index in [0.29, 0.717) is 53.0 Å². The van der Waals surface area contributed by atoms with E-state index in [2.05, 4.69) is 12.2 Å². The maximum atomic E-state index is 13.2. The molecule has 2 amide bonds. The average molecular weight is 457 g/mol. The third-order valence-electron chi connectivity index (χ3n) is 5.26. The highest BCUT2D eigenvalue weighted by Crippen LogP contribution is 2.36. The van der Waals surface area contributed by atoms with Crippen LogP contribution in [0.4, 0.5) is 5.69 Å². The number of unbranched alkanes of at least 4 members (excludes halogenated alkanes) is 1. The fraction of sp³-hybridized carbons (Fsp3) is 0.333. The van der Waals surface area contributed by atoms with Crippen molar-refractivity contribution in [2.45, 2.75) is 26.2 Å². The van der Waals surface area contributed by atoms with Crippen LogP contribution in [0.3, 0.4) is 0 Å². The van der Waals surface area contributed by atoms with Crippen LogP contribution in [0.2, 0.25) is 5.02 Å². The third-order valence-corrected chi connectivity index (χ3v) is 5.51. The van der Waals surface area contributed by atoms with E-state index in [-0.39, 0.29) is 30.8 Å². The second-order valence-electron chi connectivity index (χ2n) is 7.53. The lowest BCUT2D eigenvalue weighted by molar-refractivity contribution is -0.137. The molecule has 1 N–H and O–H groups in total. The van der Waals surface area contributed by atoms with Crippen molar-refractivity contribution in [2.75, 3.05) is 31.9 Å². The highest BCUT2D eigenvalue weighted by molar-refractivity contribution is 6.36. The third kappa shape index (κ3) is 4.74. The lowest BCUT2D eigenvalue weighted by Gasteiger charge is -2.15. The van der Waals surface area contributed by atoms with Gasteiger partial charge in [-0.25, -0.2) is 0 Å². The molecule has 0 unspecified atom stereocenters. The molecule has 2 aliphatic rings. The normalized spacial score (nSPS) is 15.1. The zero-order chi connectivity index (χ0) is 22.5. The molecule has 0 saturated heterocycles. The molecule has 0 spiro atoms. The number of carbonyl (C=O) groups is 2. The minimum atomic E-state index is -0.369. The van der Waals surface area contributed by atoms with Crippen LogP contribution in [-0.4, -0.2) is 43.3 Å². The minimum Gasteiger partial charge on any atom is -0.454 e. The van der Waals surface area contributed by atoms with Crippen LogP contribution in [0.5, 0.6) is 11.5 Å². The van der Waals surface area contributed by atoms with Crippen molar-refractivity contribution >= 4 is 34.7 Å². The predicted molar refractivity (Wildman–Crippen MR) is 122 cm³/mol. The van der Waals surface area contributed by atoms with Crippen molar-refractivity contribution in [2.24, 2.45) is 0 Å². The van der Waals surface area contributed by atoms with Crippen LogP contribution in [0.15, 0.2) is 48.2 Å². The molecule has 0 atom stereocenters. The largest absolute Gasteiger partial charge is 0.454 e.